The Hall–Kier alpha value is -2.19. The van der Waals surface area contributed by atoms with E-state index in [-0.39, 0.29) is 11.2 Å². The van der Waals surface area contributed by atoms with Crippen LogP contribution < -0.4 is 10.9 Å². The number of aromatic nitrogens is 2. The number of hydrogen-bond donors (Lipinski definition) is 1. The summed E-state index contributed by atoms with van der Waals surface area (Å²) >= 11 is 2.75. The monoisotopic (exact) mass is 333 g/mol. The number of thioether (sulfide) groups is 1. The maximum Gasteiger partial charge on any atom is 0.336 e. The molecule has 2 heterocycles. The molecule has 112 valence electrons. The molecule has 0 fully saturated rings. The number of anilines is 1. The third kappa shape index (κ3) is 3.34. The largest absolute Gasteiger partial charge is 0.423 e. The molecule has 0 aliphatic heterocycles. The second kappa shape index (κ2) is 6.29. The van der Waals surface area contributed by atoms with Crippen LogP contribution in [0.3, 0.4) is 0 Å². The van der Waals surface area contributed by atoms with Crippen LogP contribution >= 0.6 is 23.1 Å². The van der Waals surface area contributed by atoms with Crippen LogP contribution in [0.1, 0.15) is 6.92 Å². The van der Waals surface area contributed by atoms with Crippen molar-refractivity contribution in [3.05, 3.63) is 46.3 Å². The molecule has 2 aromatic heterocycles. The SMILES string of the molecule is C[C@H](Sc1nncs1)C(=O)Nc1ccc2oc(=O)ccc2c1. The van der Waals surface area contributed by atoms with Crippen molar-refractivity contribution in [2.24, 2.45) is 0 Å². The van der Waals surface area contributed by atoms with Crippen molar-refractivity contribution < 1.29 is 9.21 Å². The lowest BCUT2D eigenvalue weighted by molar-refractivity contribution is -0.115. The first kappa shape index (κ1) is 14.7. The number of benzene rings is 1. The first-order chi connectivity index (χ1) is 10.6. The lowest BCUT2D eigenvalue weighted by Crippen LogP contribution is -2.22. The lowest BCUT2D eigenvalue weighted by atomic mass is 10.2. The molecule has 0 saturated carbocycles. The zero-order chi connectivity index (χ0) is 15.5. The zero-order valence-corrected chi connectivity index (χ0v) is 13.1. The third-order valence-corrected chi connectivity index (χ3v) is 4.78. The molecule has 0 aliphatic rings. The van der Waals surface area contributed by atoms with E-state index in [1.54, 1.807) is 29.8 Å². The van der Waals surface area contributed by atoms with Gasteiger partial charge in [-0.2, -0.15) is 0 Å². The first-order valence-electron chi connectivity index (χ1n) is 6.39. The van der Waals surface area contributed by atoms with Gasteiger partial charge < -0.3 is 9.73 Å². The normalized spacial score (nSPS) is 12.2. The summed E-state index contributed by atoms with van der Waals surface area (Å²) < 4.78 is 5.81. The average Bonchev–Trinajstić information content (AvgIpc) is 3.00. The summed E-state index contributed by atoms with van der Waals surface area (Å²) in [5.74, 6) is -0.128. The molecular formula is C14H11N3O3S2. The maximum absolute atomic E-state index is 12.2. The van der Waals surface area contributed by atoms with Crippen molar-refractivity contribution in [2.75, 3.05) is 5.32 Å². The van der Waals surface area contributed by atoms with Crippen LogP contribution in [0, 0.1) is 0 Å². The molecule has 6 nitrogen and oxygen atoms in total. The van der Waals surface area contributed by atoms with Gasteiger partial charge in [0, 0.05) is 17.1 Å². The molecule has 3 rings (SSSR count). The Morgan fingerprint density at radius 3 is 3.00 bits per heavy atom. The minimum Gasteiger partial charge on any atom is -0.423 e. The number of carbonyl (C=O) groups excluding carboxylic acids is 1. The Morgan fingerprint density at radius 2 is 2.23 bits per heavy atom. The Morgan fingerprint density at radius 1 is 1.36 bits per heavy atom. The Bertz CT molecular complexity index is 861. The van der Waals surface area contributed by atoms with Gasteiger partial charge in [0.05, 0.1) is 5.25 Å². The molecule has 1 atom stereocenters. The highest BCUT2D eigenvalue weighted by molar-refractivity contribution is 8.02. The van der Waals surface area contributed by atoms with E-state index >= 15 is 0 Å². The van der Waals surface area contributed by atoms with Gasteiger partial charge in [-0.05, 0) is 31.2 Å². The highest BCUT2D eigenvalue weighted by atomic mass is 32.2. The van der Waals surface area contributed by atoms with E-state index in [0.29, 0.717) is 11.3 Å². The number of nitrogens with zero attached hydrogens (tertiary/aromatic N) is 2. The van der Waals surface area contributed by atoms with Gasteiger partial charge in [0.2, 0.25) is 5.91 Å². The number of amides is 1. The van der Waals surface area contributed by atoms with Crippen molar-refractivity contribution in [3.63, 3.8) is 0 Å². The number of hydrogen-bond acceptors (Lipinski definition) is 7. The summed E-state index contributed by atoms with van der Waals surface area (Å²) in [5, 5.41) is 10.9. The van der Waals surface area contributed by atoms with Crippen LogP contribution in [0.5, 0.6) is 0 Å². The second-order valence-corrected chi connectivity index (χ2v) is 6.88. The summed E-state index contributed by atoms with van der Waals surface area (Å²) in [6, 6.07) is 8.14. The lowest BCUT2D eigenvalue weighted by Gasteiger charge is -2.10. The molecule has 0 radical (unpaired) electrons. The molecular weight excluding hydrogens is 322 g/mol. The van der Waals surface area contributed by atoms with Crippen molar-refractivity contribution in [3.8, 4) is 0 Å². The van der Waals surface area contributed by atoms with Crippen molar-refractivity contribution in [1.82, 2.24) is 10.2 Å². The van der Waals surface area contributed by atoms with E-state index in [1.807, 2.05) is 6.92 Å². The molecule has 0 unspecified atom stereocenters. The fourth-order valence-corrected chi connectivity index (χ4v) is 3.44. The molecule has 1 N–H and O–H groups in total. The minimum absolute atomic E-state index is 0.128. The van der Waals surface area contributed by atoms with E-state index in [2.05, 4.69) is 15.5 Å². The summed E-state index contributed by atoms with van der Waals surface area (Å²) in [4.78, 5) is 23.3. The van der Waals surface area contributed by atoms with E-state index < -0.39 is 5.63 Å². The predicted octanol–water partition coefficient (Wildman–Crippen LogP) is 2.76. The molecule has 8 heteroatoms. The van der Waals surface area contributed by atoms with Crippen molar-refractivity contribution in [2.45, 2.75) is 16.5 Å². The van der Waals surface area contributed by atoms with E-state index in [9.17, 15) is 9.59 Å². The maximum atomic E-state index is 12.2. The fourth-order valence-electron chi connectivity index (χ4n) is 1.81. The van der Waals surface area contributed by atoms with Gasteiger partial charge in [-0.1, -0.05) is 23.1 Å². The van der Waals surface area contributed by atoms with Crippen molar-refractivity contribution in [1.29, 1.82) is 0 Å². The number of rotatable bonds is 4. The van der Waals surface area contributed by atoms with E-state index in [0.717, 1.165) is 9.73 Å². The molecule has 1 amide bonds. The Labute approximate surface area is 133 Å². The minimum atomic E-state index is -0.397. The van der Waals surface area contributed by atoms with Gasteiger partial charge >= 0.3 is 5.63 Å². The van der Waals surface area contributed by atoms with E-state index in [1.165, 1.54) is 29.2 Å². The van der Waals surface area contributed by atoms with Gasteiger partial charge in [0.1, 0.15) is 11.1 Å². The van der Waals surface area contributed by atoms with Gasteiger partial charge in [-0.25, -0.2) is 4.79 Å². The second-order valence-electron chi connectivity index (χ2n) is 4.46. The molecule has 0 bridgehead atoms. The highest BCUT2D eigenvalue weighted by Gasteiger charge is 2.16. The topological polar surface area (TPSA) is 85.1 Å². The zero-order valence-electron chi connectivity index (χ0n) is 11.5. The summed E-state index contributed by atoms with van der Waals surface area (Å²) in [6.07, 6.45) is 0. The summed E-state index contributed by atoms with van der Waals surface area (Å²) in [5.41, 5.74) is 2.37. The fraction of sp³-hybridized carbons (Fsp3) is 0.143. The van der Waals surface area contributed by atoms with Crippen molar-refractivity contribution >= 4 is 45.7 Å². The molecule has 0 saturated heterocycles. The molecule has 3 aromatic rings. The van der Waals surface area contributed by atoms with Crippen LogP contribution in [-0.2, 0) is 4.79 Å². The van der Waals surface area contributed by atoms with Gasteiger partial charge in [-0.15, -0.1) is 10.2 Å². The van der Waals surface area contributed by atoms with Crippen LogP contribution in [0.25, 0.3) is 11.0 Å². The van der Waals surface area contributed by atoms with Gasteiger partial charge in [0.15, 0.2) is 4.34 Å². The van der Waals surface area contributed by atoms with Crippen LogP contribution in [0.15, 0.2) is 49.4 Å². The smallest absolute Gasteiger partial charge is 0.336 e. The van der Waals surface area contributed by atoms with Crippen LogP contribution in [0.4, 0.5) is 5.69 Å². The van der Waals surface area contributed by atoms with E-state index in [4.69, 9.17) is 4.42 Å². The number of nitrogens with one attached hydrogen (secondary N) is 1. The average molecular weight is 333 g/mol. The molecule has 0 aliphatic carbocycles. The molecule has 0 spiro atoms. The van der Waals surface area contributed by atoms with Crippen LogP contribution in [-0.4, -0.2) is 21.4 Å². The summed E-state index contributed by atoms with van der Waals surface area (Å²) in [7, 11) is 0. The standard InChI is InChI=1S/C14H11N3O3S2/c1-8(22-14-17-15-7-21-14)13(19)16-10-3-4-11-9(6-10)2-5-12(18)20-11/h2-8H,1H3,(H,16,19)/t8-/m0/s1. The Kier molecular flexibility index (Phi) is 4.21. The highest BCUT2D eigenvalue weighted by Crippen LogP contribution is 2.25. The first-order valence-corrected chi connectivity index (χ1v) is 8.15. The van der Waals surface area contributed by atoms with Gasteiger partial charge in [-0.3, -0.25) is 4.79 Å². The summed E-state index contributed by atoms with van der Waals surface area (Å²) in [6.45, 7) is 1.81. The number of fused-ring (bicyclic) bond motifs is 1. The Balaban J connectivity index is 1.73. The van der Waals surface area contributed by atoms with Gasteiger partial charge in [0.25, 0.3) is 0 Å². The number of carbonyl (C=O) groups is 1. The quantitative estimate of drug-likeness (QED) is 0.584. The molecule has 22 heavy (non-hydrogen) atoms. The predicted molar refractivity (Wildman–Crippen MR) is 86.3 cm³/mol. The third-order valence-electron chi connectivity index (χ3n) is 2.87. The van der Waals surface area contributed by atoms with Crippen LogP contribution in [0.2, 0.25) is 0 Å². The molecule has 1 aromatic carbocycles.